The highest BCUT2D eigenvalue weighted by atomic mass is 35.5. The van der Waals surface area contributed by atoms with E-state index in [1.807, 2.05) is 49.4 Å². The molecule has 0 saturated heterocycles. The maximum Gasteiger partial charge on any atom is 0.243 e. The SMILES string of the molecule is Cc1ccc(N(CCCC(=O)N(Cc2ccc(Cl)c(Cl)c2)[C@@H](Cc2ccccc2)C(=O)NC2CCCCC2)S(C)(=O)=O)cc1. The molecule has 0 radical (unpaired) electrons. The van der Waals surface area contributed by atoms with E-state index in [2.05, 4.69) is 5.32 Å². The van der Waals surface area contributed by atoms with Gasteiger partial charge in [-0.15, -0.1) is 0 Å². The fourth-order valence-corrected chi connectivity index (χ4v) is 6.93. The molecule has 3 aromatic rings. The number of amides is 2. The van der Waals surface area contributed by atoms with Gasteiger partial charge in [-0.2, -0.15) is 0 Å². The number of sulfonamides is 1. The highest BCUT2D eigenvalue weighted by molar-refractivity contribution is 7.92. The molecule has 4 rings (SSSR count). The standard InChI is InChI=1S/C34H41Cl2N3O4S/c1-25-15-18-29(19-16-25)39(44(2,42)43)21-9-14-33(40)38(24-27-17-20-30(35)31(36)22-27)32(23-26-10-5-3-6-11-26)34(41)37-28-12-7-4-8-13-28/h3,5-6,10-11,15-20,22,28,32H,4,7-9,12-14,21,23-24H2,1-2H3,(H,37,41)/t32-/m0/s1. The number of carbonyl (C=O) groups is 2. The van der Waals surface area contributed by atoms with E-state index in [0.29, 0.717) is 22.2 Å². The Hall–Kier alpha value is -3.07. The Morgan fingerprint density at radius 3 is 2.23 bits per heavy atom. The van der Waals surface area contributed by atoms with Gasteiger partial charge in [0.2, 0.25) is 21.8 Å². The fourth-order valence-electron chi connectivity index (χ4n) is 5.65. The molecular weight excluding hydrogens is 617 g/mol. The smallest absolute Gasteiger partial charge is 0.243 e. The summed E-state index contributed by atoms with van der Waals surface area (Å²) in [6.45, 7) is 2.22. The summed E-state index contributed by atoms with van der Waals surface area (Å²) in [6.07, 6.45) is 6.98. The molecular formula is C34H41Cl2N3O4S. The quantitative estimate of drug-likeness (QED) is 0.216. The third kappa shape index (κ3) is 9.71. The van der Waals surface area contributed by atoms with E-state index in [4.69, 9.17) is 23.2 Å². The number of benzene rings is 3. The van der Waals surface area contributed by atoms with Crippen molar-refractivity contribution in [3.05, 3.63) is 99.5 Å². The van der Waals surface area contributed by atoms with Gasteiger partial charge in [0.1, 0.15) is 6.04 Å². The lowest BCUT2D eigenvalue weighted by molar-refractivity contribution is -0.141. The van der Waals surface area contributed by atoms with Crippen molar-refractivity contribution in [2.45, 2.75) is 76.9 Å². The Morgan fingerprint density at radius 2 is 1.59 bits per heavy atom. The summed E-state index contributed by atoms with van der Waals surface area (Å²) in [5.74, 6) is -0.431. The van der Waals surface area contributed by atoms with Gasteiger partial charge >= 0.3 is 0 Å². The van der Waals surface area contributed by atoms with E-state index in [1.54, 1.807) is 35.2 Å². The van der Waals surface area contributed by atoms with Crippen molar-refractivity contribution in [3.63, 3.8) is 0 Å². The van der Waals surface area contributed by atoms with Crippen LogP contribution < -0.4 is 9.62 Å². The van der Waals surface area contributed by atoms with Crippen molar-refractivity contribution in [2.75, 3.05) is 17.1 Å². The van der Waals surface area contributed by atoms with Crippen molar-refractivity contribution in [3.8, 4) is 0 Å². The molecule has 0 aromatic heterocycles. The molecule has 0 aliphatic heterocycles. The Morgan fingerprint density at radius 1 is 0.909 bits per heavy atom. The third-order valence-corrected chi connectivity index (χ3v) is 9.97. The zero-order valence-corrected chi connectivity index (χ0v) is 27.7. The van der Waals surface area contributed by atoms with Crippen molar-refractivity contribution in [2.24, 2.45) is 0 Å². The highest BCUT2D eigenvalue weighted by Crippen LogP contribution is 2.26. The summed E-state index contributed by atoms with van der Waals surface area (Å²) in [5, 5.41) is 4.00. The lowest BCUT2D eigenvalue weighted by Crippen LogP contribution is -2.52. The molecule has 0 spiro atoms. The first-order chi connectivity index (χ1) is 21.0. The van der Waals surface area contributed by atoms with Gasteiger partial charge in [0.15, 0.2) is 0 Å². The van der Waals surface area contributed by atoms with Crippen LogP contribution in [0.15, 0.2) is 72.8 Å². The molecule has 2 amide bonds. The number of nitrogens with one attached hydrogen (secondary N) is 1. The average molecular weight is 659 g/mol. The summed E-state index contributed by atoms with van der Waals surface area (Å²) >= 11 is 12.5. The number of hydrogen-bond acceptors (Lipinski definition) is 4. The van der Waals surface area contributed by atoms with Gasteiger partial charge in [-0.05, 0) is 61.6 Å². The highest BCUT2D eigenvalue weighted by Gasteiger charge is 2.32. The normalized spacial score (nSPS) is 14.5. The summed E-state index contributed by atoms with van der Waals surface area (Å²) in [4.78, 5) is 29.6. The first-order valence-electron chi connectivity index (χ1n) is 15.1. The molecule has 1 fully saturated rings. The van der Waals surface area contributed by atoms with E-state index in [-0.39, 0.29) is 43.8 Å². The molecule has 7 nitrogen and oxygen atoms in total. The topological polar surface area (TPSA) is 86.8 Å². The lowest BCUT2D eigenvalue weighted by Gasteiger charge is -2.34. The molecule has 0 unspecified atom stereocenters. The summed E-state index contributed by atoms with van der Waals surface area (Å²) in [6, 6.07) is 21.4. The largest absolute Gasteiger partial charge is 0.352 e. The number of rotatable bonds is 13. The zero-order chi connectivity index (χ0) is 31.7. The van der Waals surface area contributed by atoms with Crippen LogP contribution in [0, 0.1) is 6.92 Å². The summed E-state index contributed by atoms with van der Waals surface area (Å²) in [7, 11) is -3.58. The Balaban J connectivity index is 1.60. The molecule has 1 saturated carbocycles. The van der Waals surface area contributed by atoms with Gasteiger partial charge in [0.05, 0.1) is 22.0 Å². The maximum absolute atomic E-state index is 14.1. The summed E-state index contributed by atoms with van der Waals surface area (Å²) in [5.41, 5.74) is 3.25. The van der Waals surface area contributed by atoms with Crippen LogP contribution in [0.4, 0.5) is 5.69 Å². The molecule has 1 N–H and O–H groups in total. The van der Waals surface area contributed by atoms with E-state index in [9.17, 15) is 18.0 Å². The number of nitrogens with zero attached hydrogens (tertiary/aromatic N) is 2. The second-order valence-electron chi connectivity index (χ2n) is 11.6. The average Bonchev–Trinajstić information content (AvgIpc) is 3.00. The van der Waals surface area contributed by atoms with Crippen molar-refractivity contribution in [1.82, 2.24) is 10.2 Å². The molecule has 10 heteroatoms. The molecule has 236 valence electrons. The zero-order valence-electron chi connectivity index (χ0n) is 25.3. The number of halogens is 2. The second kappa shape index (κ2) is 15.8. The molecule has 3 aromatic carbocycles. The van der Waals surface area contributed by atoms with E-state index in [1.165, 1.54) is 4.31 Å². The van der Waals surface area contributed by atoms with Gasteiger partial charge in [0.25, 0.3) is 0 Å². The minimum atomic E-state index is -3.58. The van der Waals surface area contributed by atoms with Crippen molar-refractivity contribution < 1.29 is 18.0 Å². The molecule has 1 aliphatic carbocycles. The number of hydrogen-bond donors (Lipinski definition) is 1. The first kappa shape index (κ1) is 33.8. The molecule has 44 heavy (non-hydrogen) atoms. The molecule has 0 bridgehead atoms. The van der Waals surface area contributed by atoms with Crippen molar-refractivity contribution in [1.29, 1.82) is 0 Å². The van der Waals surface area contributed by atoms with Crippen LogP contribution in [0.5, 0.6) is 0 Å². The fraction of sp³-hybridized carbons (Fsp3) is 0.412. The van der Waals surface area contributed by atoms with Crippen LogP contribution in [-0.2, 0) is 32.6 Å². The number of anilines is 1. The second-order valence-corrected chi connectivity index (χ2v) is 14.3. The van der Waals surface area contributed by atoms with Crippen LogP contribution >= 0.6 is 23.2 Å². The third-order valence-electron chi connectivity index (χ3n) is 8.03. The molecule has 0 heterocycles. The van der Waals surface area contributed by atoms with E-state index < -0.39 is 16.1 Å². The van der Waals surface area contributed by atoms with Gasteiger partial charge in [-0.1, -0.05) is 96.6 Å². The number of carbonyl (C=O) groups excluding carboxylic acids is 2. The maximum atomic E-state index is 14.1. The monoisotopic (exact) mass is 657 g/mol. The minimum Gasteiger partial charge on any atom is -0.352 e. The minimum absolute atomic E-state index is 0.0567. The van der Waals surface area contributed by atoms with Gasteiger partial charge in [-0.3, -0.25) is 13.9 Å². The molecule has 1 aliphatic rings. The van der Waals surface area contributed by atoms with Gasteiger partial charge in [-0.25, -0.2) is 8.42 Å². The lowest BCUT2D eigenvalue weighted by atomic mass is 9.94. The van der Waals surface area contributed by atoms with Gasteiger partial charge in [0, 0.05) is 32.0 Å². The Labute approximate surface area is 271 Å². The van der Waals surface area contributed by atoms with Crippen molar-refractivity contribution >= 4 is 50.7 Å². The van der Waals surface area contributed by atoms with Crippen LogP contribution in [0.3, 0.4) is 0 Å². The first-order valence-corrected chi connectivity index (χ1v) is 17.7. The molecule has 1 atom stereocenters. The van der Waals surface area contributed by atoms with Crippen LogP contribution in [0.2, 0.25) is 10.0 Å². The van der Waals surface area contributed by atoms with Gasteiger partial charge < -0.3 is 10.2 Å². The Kier molecular flexibility index (Phi) is 12.1. The van der Waals surface area contributed by atoms with E-state index >= 15 is 0 Å². The summed E-state index contributed by atoms with van der Waals surface area (Å²) < 4.78 is 26.7. The van der Waals surface area contributed by atoms with E-state index in [0.717, 1.165) is 55.1 Å². The van der Waals surface area contributed by atoms with Crippen LogP contribution in [0.25, 0.3) is 0 Å². The van der Waals surface area contributed by atoms with Crippen LogP contribution in [0.1, 0.15) is 61.6 Å². The Bertz CT molecular complexity index is 1510. The van der Waals surface area contributed by atoms with Crippen LogP contribution in [-0.4, -0.2) is 50.0 Å². The predicted molar refractivity (Wildman–Crippen MR) is 179 cm³/mol. The number of aryl methyl sites for hydroxylation is 1. The predicted octanol–water partition coefficient (Wildman–Crippen LogP) is 6.94.